The molecule has 5 aromatic carbocycles. The van der Waals surface area contributed by atoms with E-state index in [-0.39, 0.29) is 0 Å². The quantitative estimate of drug-likeness (QED) is 0.265. The van der Waals surface area contributed by atoms with E-state index in [1.807, 2.05) is 12.1 Å². The number of aryl methyl sites for hydroxylation is 1. The first-order valence-corrected chi connectivity index (χ1v) is 12.2. The molecule has 0 aliphatic rings. The second-order valence-corrected chi connectivity index (χ2v) is 9.16. The molecule has 3 heteroatoms. The number of nitrogens with zero attached hydrogens (tertiary/aromatic N) is 3. The summed E-state index contributed by atoms with van der Waals surface area (Å²) in [6.45, 7) is 2.17. The largest absolute Gasteiger partial charge is 0.278 e. The lowest BCUT2D eigenvalue weighted by Crippen LogP contribution is -2.03. The van der Waals surface area contributed by atoms with E-state index in [1.54, 1.807) is 0 Å². The predicted octanol–water partition coefficient (Wildman–Crippen LogP) is 8.37. The topological polar surface area (TPSA) is 30.7 Å². The van der Waals surface area contributed by atoms with E-state index in [2.05, 4.69) is 121 Å². The molecule has 0 saturated carbocycles. The Bertz CT molecular complexity index is 1900. The highest BCUT2D eigenvalue weighted by Gasteiger charge is 2.18. The maximum Gasteiger partial charge on any atom is 0.235 e. The fourth-order valence-electron chi connectivity index (χ4n) is 5.28. The number of hydrogen-bond donors (Lipinski definition) is 0. The van der Waals surface area contributed by atoms with Gasteiger partial charge in [0, 0.05) is 21.7 Å². The maximum absolute atomic E-state index is 5.23. The molecule has 0 fully saturated rings. The highest BCUT2D eigenvalue weighted by molar-refractivity contribution is 6.10. The molecule has 0 amide bonds. The average Bonchev–Trinajstić information content (AvgIpc) is 3.28. The van der Waals surface area contributed by atoms with Crippen molar-refractivity contribution in [1.29, 1.82) is 0 Å². The Morgan fingerprint density at radius 3 is 2.08 bits per heavy atom. The zero-order valence-electron chi connectivity index (χ0n) is 19.9. The van der Waals surface area contributed by atoms with Gasteiger partial charge in [-0.25, -0.2) is 9.97 Å². The molecule has 0 radical (unpaired) electrons. The summed E-state index contributed by atoms with van der Waals surface area (Å²) in [4.78, 5) is 10.3. The van der Waals surface area contributed by atoms with Crippen molar-refractivity contribution in [2.75, 3.05) is 0 Å². The number of para-hydroxylation sites is 2. The van der Waals surface area contributed by atoms with Crippen LogP contribution in [0.3, 0.4) is 0 Å². The fourth-order valence-corrected chi connectivity index (χ4v) is 5.28. The van der Waals surface area contributed by atoms with E-state index in [1.165, 1.54) is 27.5 Å². The minimum atomic E-state index is 0.686. The van der Waals surface area contributed by atoms with E-state index in [0.29, 0.717) is 5.95 Å². The van der Waals surface area contributed by atoms with Crippen LogP contribution in [0.1, 0.15) is 5.56 Å². The van der Waals surface area contributed by atoms with Gasteiger partial charge in [-0.15, -0.1) is 0 Å². The van der Waals surface area contributed by atoms with Crippen molar-refractivity contribution in [2.45, 2.75) is 6.92 Å². The first kappa shape index (κ1) is 20.6. The van der Waals surface area contributed by atoms with Gasteiger partial charge in [-0.05, 0) is 47.9 Å². The van der Waals surface area contributed by atoms with Crippen LogP contribution >= 0.6 is 0 Å². The Morgan fingerprint density at radius 1 is 0.528 bits per heavy atom. The standard InChI is InChI=1S/C33H23N3/c1-22-11-9-20-30-31(22)27-17-6-8-19-29(27)36(30)33-34-28-18-7-5-16-26(28)32(35-33)25-15-10-14-24(21-25)23-12-3-2-4-13-23/h2-21H,1H3. The zero-order chi connectivity index (χ0) is 24.1. The monoisotopic (exact) mass is 461 g/mol. The van der Waals surface area contributed by atoms with Crippen LogP contribution in [0.25, 0.3) is 61.0 Å². The average molecular weight is 462 g/mol. The van der Waals surface area contributed by atoms with E-state index >= 15 is 0 Å². The Kier molecular flexibility index (Phi) is 4.68. The maximum atomic E-state index is 5.23. The van der Waals surface area contributed by atoms with Crippen LogP contribution in [0.5, 0.6) is 0 Å². The Morgan fingerprint density at radius 2 is 1.19 bits per heavy atom. The summed E-state index contributed by atoms with van der Waals surface area (Å²) in [7, 11) is 0. The second kappa shape index (κ2) is 8.17. The molecule has 0 spiro atoms. The summed E-state index contributed by atoms with van der Waals surface area (Å²) in [5.74, 6) is 0.686. The second-order valence-electron chi connectivity index (χ2n) is 9.16. The molecule has 0 aliphatic heterocycles. The lowest BCUT2D eigenvalue weighted by Gasteiger charge is -2.12. The van der Waals surface area contributed by atoms with Crippen molar-refractivity contribution in [1.82, 2.24) is 14.5 Å². The van der Waals surface area contributed by atoms with Crippen molar-refractivity contribution < 1.29 is 0 Å². The molecule has 0 saturated heterocycles. The van der Waals surface area contributed by atoms with Gasteiger partial charge in [-0.2, -0.15) is 0 Å². The number of aromatic nitrogens is 3. The number of fused-ring (bicyclic) bond motifs is 4. The summed E-state index contributed by atoms with van der Waals surface area (Å²) in [5, 5.41) is 3.51. The van der Waals surface area contributed by atoms with Crippen LogP contribution in [-0.4, -0.2) is 14.5 Å². The summed E-state index contributed by atoms with van der Waals surface area (Å²) in [6.07, 6.45) is 0. The molecule has 7 rings (SSSR count). The minimum absolute atomic E-state index is 0.686. The highest BCUT2D eigenvalue weighted by atomic mass is 15.2. The third-order valence-corrected chi connectivity index (χ3v) is 6.94. The summed E-state index contributed by atoms with van der Waals surface area (Å²) in [5.41, 5.74) is 8.79. The van der Waals surface area contributed by atoms with E-state index in [9.17, 15) is 0 Å². The van der Waals surface area contributed by atoms with Gasteiger partial charge < -0.3 is 0 Å². The van der Waals surface area contributed by atoms with E-state index < -0.39 is 0 Å². The molecule has 0 N–H and O–H groups in total. The predicted molar refractivity (Wildman–Crippen MR) is 149 cm³/mol. The fraction of sp³-hybridized carbons (Fsp3) is 0.0303. The smallest absolute Gasteiger partial charge is 0.235 e. The van der Waals surface area contributed by atoms with Gasteiger partial charge in [0.2, 0.25) is 5.95 Å². The Hall–Kier alpha value is -4.76. The first-order chi connectivity index (χ1) is 17.8. The van der Waals surface area contributed by atoms with Crippen molar-refractivity contribution >= 4 is 32.7 Å². The van der Waals surface area contributed by atoms with Crippen molar-refractivity contribution in [3.05, 3.63) is 127 Å². The molecule has 170 valence electrons. The van der Waals surface area contributed by atoms with Crippen LogP contribution in [0.15, 0.2) is 121 Å². The molecule has 36 heavy (non-hydrogen) atoms. The Labute approximate surface area is 209 Å². The van der Waals surface area contributed by atoms with Crippen molar-refractivity contribution in [3.63, 3.8) is 0 Å². The van der Waals surface area contributed by atoms with Crippen LogP contribution in [0.4, 0.5) is 0 Å². The SMILES string of the molecule is Cc1cccc2c1c1ccccc1n2-c1nc(-c2cccc(-c3ccccc3)c2)c2ccccc2n1. The van der Waals surface area contributed by atoms with Crippen molar-refractivity contribution in [3.8, 4) is 28.3 Å². The zero-order valence-corrected chi connectivity index (χ0v) is 19.9. The number of benzene rings is 5. The molecular formula is C33H23N3. The molecule has 7 aromatic rings. The van der Waals surface area contributed by atoms with Crippen LogP contribution in [0.2, 0.25) is 0 Å². The van der Waals surface area contributed by atoms with Crippen LogP contribution in [0, 0.1) is 6.92 Å². The molecule has 0 unspecified atom stereocenters. The summed E-state index contributed by atoms with van der Waals surface area (Å²) >= 11 is 0. The first-order valence-electron chi connectivity index (χ1n) is 12.2. The van der Waals surface area contributed by atoms with Gasteiger partial charge >= 0.3 is 0 Å². The van der Waals surface area contributed by atoms with Crippen LogP contribution in [-0.2, 0) is 0 Å². The molecule has 3 nitrogen and oxygen atoms in total. The number of hydrogen-bond acceptors (Lipinski definition) is 2. The highest BCUT2D eigenvalue weighted by Crippen LogP contribution is 2.35. The summed E-state index contributed by atoms with van der Waals surface area (Å²) in [6, 6.07) is 42.3. The third kappa shape index (κ3) is 3.21. The summed E-state index contributed by atoms with van der Waals surface area (Å²) < 4.78 is 2.20. The van der Waals surface area contributed by atoms with Crippen molar-refractivity contribution in [2.24, 2.45) is 0 Å². The Balaban J connectivity index is 1.53. The molecule has 2 aromatic heterocycles. The van der Waals surface area contributed by atoms with Crippen LogP contribution < -0.4 is 0 Å². The van der Waals surface area contributed by atoms with Gasteiger partial charge in [-0.3, -0.25) is 4.57 Å². The molecule has 0 atom stereocenters. The van der Waals surface area contributed by atoms with Gasteiger partial charge in [0.1, 0.15) is 0 Å². The van der Waals surface area contributed by atoms with Gasteiger partial charge in [0.05, 0.1) is 22.2 Å². The van der Waals surface area contributed by atoms with E-state index in [4.69, 9.17) is 9.97 Å². The van der Waals surface area contributed by atoms with Gasteiger partial charge in [0.15, 0.2) is 0 Å². The third-order valence-electron chi connectivity index (χ3n) is 6.94. The lowest BCUT2D eigenvalue weighted by atomic mass is 10.00. The molecule has 0 aliphatic carbocycles. The lowest BCUT2D eigenvalue weighted by molar-refractivity contribution is 1.01. The molecular weight excluding hydrogens is 438 g/mol. The van der Waals surface area contributed by atoms with Gasteiger partial charge in [0.25, 0.3) is 0 Å². The number of rotatable bonds is 3. The normalized spacial score (nSPS) is 11.5. The minimum Gasteiger partial charge on any atom is -0.278 e. The molecule has 2 heterocycles. The molecule has 0 bridgehead atoms. The van der Waals surface area contributed by atoms with Gasteiger partial charge in [-0.1, -0.05) is 97.1 Å². The van der Waals surface area contributed by atoms with E-state index in [0.717, 1.165) is 33.2 Å².